The van der Waals surface area contributed by atoms with E-state index in [-0.39, 0.29) is 41.5 Å². The van der Waals surface area contributed by atoms with Crippen LogP contribution < -0.4 is 5.32 Å². The molecule has 0 saturated carbocycles. The van der Waals surface area contributed by atoms with Gasteiger partial charge in [-0.15, -0.1) is 0 Å². The first-order chi connectivity index (χ1) is 9.20. The first-order valence-electron chi connectivity index (χ1n) is 8.13. The van der Waals surface area contributed by atoms with Crippen LogP contribution in [0.1, 0.15) is 84.5 Å². The average Bonchev–Trinajstić information content (AvgIpc) is 2.40. The van der Waals surface area contributed by atoms with Gasteiger partial charge in [-0.2, -0.15) is 0 Å². The monoisotopic (exact) mass is 290 g/mol. The normalized spacial score (nSPS) is 11.5. The molecule has 0 aromatic carbocycles. The van der Waals surface area contributed by atoms with Crippen LogP contribution in [0.25, 0.3) is 0 Å². The van der Waals surface area contributed by atoms with Gasteiger partial charge in [0.05, 0.1) is 0 Å². The third kappa shape index (κ3) is 16.3. The molecular weight excluding hydrogens is 257 g/mol. The Hall–Kier alpha value is 0.210. The summed E-state index contributed by atoms with van der Waals surface area (Å²) in [5, 5.41) is 2.90. The minimum Gasteiger partial charge on any atom is -0.350 e. The summed E-state index contributed by atoms with van der Waals surface area (Å²) in [4.78, 5) is 11.1. The van der Waals surface area contributed by atoms with Crippen molar-refractivity contribution in [1.29, 1.82) is 0 Å². The molecule has 0 spiro atoms. The average molecular weight is 290 g/mol. The van der Waals surface area contributed by atoms with E-state index in [9.17, 15) is 4.79 Å². The van der Waals surface area contributed by atoms with Crippen molar-refractivity contribution in [3.05, 3.63) is 12.7 Å². The van der Waals surface area contributed by atoms with Gasteiger partial charge in [0, 0.05) is 35.6 Å². The Morgan fingerprint density at radius 2 is 1.45 bits per heavy atom. The Labute approximate surface area is 148 Å². The van der Waals surface area contributed by atoms with Crippen molar-refractivity contribution >= 4 is 35.5 Å². The van der Waals surface area contributed by atoms with Gasteiger partial charge in [0.2, 0.25) is 5.91 Å². The summed E-state index contributed by atoms with van der Waals surface area (Å²) in [6, 6.07) is 0.277. The minimum absolute atomic E-state index is 0. The van der Waals surface area contributed by atoms with Crippen molar-refractivity contribution in [2.45, 2.75) is 90.5 Å². The van der Waals surface area contributed by atoms with Gasteiger partial charge in [-0.1, -0.05) is 77.7 Å². The van der Waals surface area contributed by atoms with Crippen LogP contribution in [0.15, 0.2) is 12.7 Å². The van der Waals surface area contributed by atoms with E-state index in [4.69, 9.17) is 0 Å². The summed E-state index contributed by atoms with van der Waals surface area (Å²) in [6.45, 7) is 7.79. The second kappa shape index (κ2) is 17.3. The van der Waals surface area contributed by atoms with Crippen LogP contribution in [0.4, 0.5) is 0 Å². The van der Waals surface area contributed by atoms with Gasteiger partial charge >= 0.3 is 0 Å². The first-order valence-corrected chi connectivity index (χ1v) is 8.13. The van der Waals surface area contributed by atoms with Crippen LogP contribution in [0.2, 0.25) is 0 Å². The Kier molecular flexibility index (Phi) is 19.4. The van der Waals surface area contributed by atoms with E-state index < -0.39 is 0 Å². The number of hydrogen-bond donors (Lipinski definition) is 1. The Bertz CT molecular complexity index is 231. The number of carbonyl (C=O) groups is 1. The molecule has 20 heavy (non-hydrogen) atoms. The zero-order chi connectivity index (χ0) is 14.3. The molecular formula is C17H33NNaO. The SMILES string of the molecule is C=CC(=O)NC(C)CCCCCCCCCCCC.[Na]. The number of hydrogen-bond acceptors (Lipinski definition) is 1. The molecule has 0 aromatic rings. The molecule has 113 valence electrons. The fourth-order valence-corrected chi connectivity index (χ4v) is 2.31. The quantitative estimate of drug-likeness (QED) is 0.299. The number of rotatable bonds is 13. The van der Waals surface area contributed by atoms with Crippen molar-refractivity contribution < 1.29 is 4.79 Å². The maximum Gasteiger partial charge on any atom is 0.243 e. The third-order valence-corrected chi connectivity index (χ3v) is 3.56. The molecule has 1 amide bonds. The van der Waals surface area contributed by atoms with Crippen LogP contribution in [0.3, 0.4) is 0 Å². The number of nitrogens with one attached hydrogen (secondary N) is 1. The molecule has 1 radical (unpaired) electrons. The van der Waals surface area contributed by atoms with Crippen molar-refractivity contribution in [2.75, 3.05) is 0 Å². The summed E-state index contributed by atoms with van der Waals surface area (Å²) in [6.07, 6.45) is 16.0. The Morgan fingerprint density at radius 1 is 1.00 bits per heavy atom. The van der Waals surface area contributed by atoms with Crippen molar-refractivity contribution in [3.63, 3.8) is 0 Å². The summed E-state index contributed by atoms with van der Waals surface area (Å²) in [7, 11) is 0. The molecule has 0 aliphatic heterocycles. The van der Waals surface area contributed by atoms with E-state index in [0.717, 1.165) is 6.42 Å². The van der Waals surface area contributed by atoms with Crippen LogP contribution in [-0.2, 0) is 4.79 Å². The molecule has 0 fully saturated rings. The predicted molar refractivity (Wildman–Crippen MR) is 90.0 cm³/mol. The van der Waals surface area contributed by atoms with Crippen molar-refractivity contribution in [2.24, 2.45) is 0 Å². The van der Waals surface area contributed by atoms with Gasteiger partial charge in [0.25, 0.3) is 0 Å². The van der Waals surface area contributed by atoms with E-state index in [2.05, 4.69) is 25.7 Å². The molecule has 0 aliphatic carbocycles. The van der Waals surface area contributed by atoms with Gasteiger partial charge in [-0.3, -0.25) is 4.79 Å². The van der Waals surface area contributed by atoms with Crippen LogP contribution in [0, 0.1) is 0 Å². The molecule has 0 heterocycles. The summed E-state index contributed by atoms with van der Waals surface area (Å²) in [5.74, 6) is -0.0559. The van der Waals surface area contributed by atoms with E-state index >= 15 is 0 Å². The molecule has 1 N–H and O–H groups in total. The fourth-order valence-electron chi connectivity index (χ4n) is 2.31. The van der Waals surface area contributed by atoms with Crippen LogP contribution in [-0.4, -0.2) is 41.5 Å². The minimum atomic E-state index is -0.0559. The molecule has 1 unspecified atom stereocenters. The van der Waals surface area contributed by atoms with E-state index in [1.54, 1.807) is 0 Å². The second-order valence-electron chi connectivity index (χ2n) is 5.58. The second-order valence-corrected chi connectivity index (χ2v) is 5.58. The maximum atomic E-state index is 11.1. The van der Waals surface area contributed by atoms with Crippen LogP contribution in [0.5, 0.6) is 0 Å². The van der Waals surface area contributed by atoms with Crippen molar-refractivity contribution in [1.82, 2.24) is 5.32 Å². The molecule has 0 aromatic heterocycles. The van der Waals surface area contributed by atoms with E-state index in [1.807, 2.05) is 0 Å². The topological polar surface area (TPSA) is 29.1 Å². The van der Waals surface area contributed by atoms with Gasteiger partial charge in [-0.25, -0.2) is 0 Å². The summed E-state index contributed by atoms with van der Waals surface area (Å²) in [5.41, 5.74) is 0. The van der Waals surface area contributed by atoms with Gasteiger partial charge in [0.15, 0.2) is 0 Å². The fraction of sp³-hybridized carbons (Fsp3) is 0.824. The van der Waals surface area contributed by atoms with E-state index in [0.29, 0.717) is 0 Å². The summed E-state index contributed by atoms with van der Waals surface area (Å²) >= 11 is 0. The zero-order valence-electron chi connectivity index (χ0n) is 14.0. The number of amides is 1. The first kappa shape index (κ1) is 22.5. The zero-order valence-corrected chi connectivity index (χ0v) is 16.0. The molecule has 0 aliphatic rings. The van der Waals surface area contributed by atoms with Gasteiger partial charge in [-0.05, 0) is 19.4 Å². The molecule has 2 nitrogen and oxygen atoms in total. The molecule has 0 saturated heterocycles. The third-order valence-electron chi connectivity index (χ3n) is 3.56. The number of unbranched alkanes of at least 4 members (excludes halogenated alkanes) is 9. The molecule has 0 bridgehead atoms. The van der Waals surface area contributed by atoms with Crippen molar-refractivity contribution in [3.8, 4) is 0 Å². The molecule has 1 atom stereocenters. The van der Waals surface area contributed by atoms with Gasteiger partial charge in [0.1, 0.15) is 0 Å². The van der Waals surface area contributed by atoms with Crippen LogP contribution >= 0.6 is 0 Å². The standard InChI is InChI=1S/C17H33NO.Na/c1-4-6-7-8-9-10-11-12-13-14-15-16(3)18-17(19)5-2;/h5,16H,2,4,6-15H2,1,3H3,(H,18,19);. The maximum absolute atomic E-state index is 11.1. The number of carbonyl (C=O) groups excluding carboxylic acids is 1. The van der Waals surface area contributed by atoms with Gasteiger partial charge < -0.3 is 5.32 Å². The smallest absolute Gasteiger partial charge is 0.243 e. The Balaban J connectivity index is 0. The molecule has 3 heteroatoms. The Morgan fingerprint density at radius 3 is 1.90 bits per heavy atom. The van der Waals surface area contributed by atoms with E-state index in [1.165, 1.54) is 70.3 Å². The molecule has 0 rings (SSSR count). The summed E-state index contributed by atoms with van der Waals surface area (Å²) < 4.78 is 0. The predicted octanol–water partition coefficient (Wildman–Crippen LogP) is 4.61. The largest absolute Gasteiger partial charge is 0.350 e.